The van der Waals surface area contributed by atoms with Gasteiger partial charge in [-0.25, -0.2) is 0 Å². The molecule has 0 bridgehead atoms. The van der Waals surface area contributed by atoms with E-state index in [9.17, 15) is 15.4 Å². The number of para-hydroxylation sites is 1. The molecule has 1 aromatic heterocycles. The van der Waals surface area contributed by atoms with E-state index in [4.69, 9.17) is 4.42 Å². The lowest BCUT2D eigenvalue weighted by molar-refractivity contribution is -0.384. The molecule has 1 N–H and O–H groups in total. The second kappa shape index (κ2) is 6.48. The van der Waals surface area contributed by atoms with E-state index in [1.54, 1.807) is 18.2 Å². The van der Waals surface area contributed by atoms with Crippen LogP contribution in [-0.4, -0.2) is 15.9 Å². The Morgan fingerprint density at radius 1 is 1.30 bits per heavy atom. The van der Waals surface area contributed by atoms with Crippen molar-refractivity contribution < 1.29 is 9.34 Å². The van der Waals surface area contributed by atoms with E-state index >= 15 is 0 Å². The van der Waals surface area contributed by atoms with Gasteiger partial charge in [-0.1, -0.05) is 31.4 Å². The zero-order valence-electron chi connectivity index (χ0n) is 12.5. The average Bonchev–Trinajstić information content (AvgIpc) is 2.98. The first kappa shape index (κ1) is 15.0. The number of nitro benzene ring substituents is 1. The normalized spacial score (nSPS) is 15.1. The minimum absolute atomic E-state index is 0.0900. The number of hydrogen-bond acceptors (Lipinski definition) is 6. The number of nitrogens with zero attached hydrogens (tertiary/aromatic N) is 3. The zero-order valence-corrected chi connectivity index (χ0v) is 12.5. The Morgan fingerprint density at radius 3 is 2.74 bits per heavy atom. The van der Waals surface area contributed by atoms with Gasteiger partial charge in [-0.3, -0.25) is 10.1 Å². The summed E-state index contributed by atoms with van der Waals surface area (Å²) in [5.41, 5.74) is 0.303. The molecule has 0 saturated heterocycles. The molecule has 1 aliphatic carbocycles. The van der Waals surface area contributed by atoms with Gasteiger partial charge in [0.05, 0.1) is 4.92 Å². The van der Waals surface area contributed by atoms with Gasteiger partial charge >= 0.3 is 0 Å². The van der Waals surface area contributed by atoms with Gasteiger partial charge in [0.1, 0.15) is 11.6 Å². The monoisotopic (exact) mass is 312 g/mol. The molecule has 0 amide bonds. The van der Waals surface area contributed by atoms with Gasteiger partial charge in [0.15, 0.2) is 0 Å². The fourth-order valence-corrected chi connectivity index (χ4v) is 2.85. The van der Waals surface area contributed by atoms with Gasteiger partial charge in [-0.2, -0.15) is 10.2 Å². The van der Waals surface area contributed by atoms with E-state index in [2.05, 4.69) is 10.3 Å². The van der Waals surface area contributed by atoms with Crippen LogP contribution in [-0.2, 0) is 0 Å². The number of nitriles is 1. The van der Waals surface area contributed by atoms with E-state index in [1.807, 2.05) is 6.07 Å². The number of benzene rings is 1. The number of nitro groups is 1. The number of nitrogens with one attached hydrogen (secondary N) is 1. The summed E-state index contributed by atoms with van der Waals surface area (Å²) in [5.74, 6) is 0.389. The first-order valence-corrected chi connectivity index (χ1v) is 7.60. The summed E-state index contributed by atoms with van der Waals surface area (Å²) in [6.45, 7) is 0. The third-order valence-corrected chi connectivity index (χ3v) is 4.00. The maximum atomic E-state index is 11.1. The molecule has 1 aromatic carbocycles. The molecule has 1 saturated carbocycles. The maximum Gasteiger partial charge on any atom is 0.282 e. The van der Waals surface area contributed by atoms with Crippen molar-refractivity contribution in [1.82, 2.24) is 4.98 Å². The SMILES string of the molecule is N#Cc1nc(-c2ccccc2[N+](=O)[O-])oc1NC1CCCCC1. The Kier molecular flexibility index (Phi) is 4.24. The van der Waals surface area contributed by atoms with Crippen molar-refractivity contribution in [2.75, 3.05) is 5.32 Å². The van der Waals surface area contributed by atoms with Gasteiger partial charge in [-0.05, 0) is 18.9 Å². The second-order valence-corrected chi connectivity index (χ2v) is 5.56. The van der Waals surface area contributed by atoms with Crippen molar-refractivity contribution in [3.63, 3.8) is 0 Å². The molecule has 0 unspecified atom stereocenters. The van der Waals surface area contributed by atoms with Crippen molar-refractivity contribution in [2.24, 2.45) is 0 Å². The van der Waals surface area contributed by atoms with Crippen LogP contribution in [0, 0.1) is 21.4 Å². The zero-order chi connectivity index (χ0) is 16.2. The lowest BCUT2D eigenvalue weighted by Gasteiger charge is -2.22. The van der Waals surface area contributed by atoms with E-state index < -0.39 is 4.92 Å². The van der Waals surface area contributed by atoms with Crippen LogP contribution in [0.1, 0.15) is 37.8 Å². The first-order valence-electron chi connectivity index (χ1n) is 7.60. The van der Waals surface area contributed by atoms with Crippen LogP contribution in [0.15, 0.2) is 28.7 Å². The average molecular weight is 312 g/mol. The predicted molar refractivity (Wildman–Crippen MR) is 83.8 cm³/mol. The van der Waals surface area contributed by atoms with Crippen molar-refractivity contribution in [3.8, 4) is 17.5 Å². The van der Waals surface area contributed by atoms with Crippen LogP contribution < -0.4 is 5.32 Å². The van der Waals surface area contributed by atoms with Crippen LogP contribution in [0.5, 0.6) is 0 Å². The minimum Gasteiger partial charge on any atom is -0.419 e. The summed E-state index contributed by atoms with van der Waals surface area (Å²) >= 11 is 0. The fraction of sp³-hybridized carbons (Fsp3) is 0.375. The largest absolute Gasteiger partial charge is 0.419 e. The highest BCUT2D eigenvalue weighted by molar-refractivity contribution is 5.68. The standard InChI is InChI=1S/C16H16N4O3/c17-10-13-16(18-11-6-2-1-3-7-11)23-15(19-13)12-8-4-5-9-14(12)20(21)22/h4-5,8-9,11,18H,1-3,6-7H2. The number of anilines is 1. The molecule has 0 atom stereocenters. The highest BCUT2D eigenvalue weighted by atomic mass is 16.6. The summed E-state index contributed by atoms with van der Waals surface area (Å²) < 4.78 is 5.64. The molecular weight excluding hydrogens is 296 g/mol. The van der Waals surface area contributed by atoms with Crippen LogP contribution in [0.4, 0.5) is 11.6 Å². The summed E-state index contributed by atoms with van der Waals surface area (Å²) in [7, 11) is 0. The molecule has 2 aromatic rings. The number of oxazole rings is 1. The van der Waals surface area contributed by atoms with Crippen molar-refractivity contribution in [3.05, 3.63) is 40.1 Å². The molecule has 118 valence electrons. The molecular formula is C16H16N4O3. The maximum absolute atomic E-state index is 11.1. The summed E-state index contributed by atoms with van der Waals surface area (Å²) in [4.78, 5) is 14.8. The Labute approximate surface area is 133 Å². The highest BCUT2D eigenvalue weighted by Crippen LogP contribution is 2.33. The molecule has 0 spiro atoms. The molecule has 1 aliphatic rings. The fourth-order valence-electron chi connectivity index (χ4n) is 2.85. The van der Waals surface area contributed by atoms with Gasteiger partial charge < -0.3 is 9.73 Å². The lowest BCUT2D eigenvalue weighted by Crippen LogP contribution is -2.22. The topological polar surface area (TPSA) is 105 Å². The van der Waals surface area contributed by atoms with Gasteiger partial charge in [-0.15, -0.1) is 0 Å². The number of rotatable bonds is 4. The highest BCUT2D eigenvalue weighted by Gasteiger charge is 2.23. The molecule has 23 heavy (non-hydrogen) atoms. The van der Waals surface area contributed by atoms with E-state index in [0.29, 0.717) is 5.88 Å². The Balaban J connectivity index is 1.93. The number of hydrogen-bond donors (Lipinski definition) is 1. The number of aromatic nitrogens is 1. The molecule has 0 radical (unpaired) electrons. The van der Waals surface area contributed by atoms with Crippen molar-refractivity contribution in [1.29, 1.82) is 5.26 Å². The molecule has 7 heteroatoms. The third kappa shape index (κ3) is 3.16. The Morgan fingerprint density at radius 2 is 2.04 bits per heavy atom. The minimum atomic E-state index is -0.486. The Bertz CT molecular complexity index is 757. The van der Waals surface area contributed by atoms with Gasteiger partial charge in [0.25, 0.3) is 5.69 Å². The molecule has 3 rings (SSSR count). The third-order valence-electron chi connectivity index (χ3n) is 4.00. The van der Waals surface area contributed by atoms with E-state index in [0.717, 1.165) is 25.7 Å². The van der Waals surface area contributed by atoms with E-state index in [-0.39, 0.29) is 28.9 Å². The summed E-state index contributed by atoms with van der Waals surface area (Å²) in [6.07, 6.45) is 5.55. The molecule has 0 aliphatic heterocycles. The smallest absolute Gasteiger partial charge is 0.282 e. The molecule has 1 heterocycles. The Hall–Kier alpha value is -2.88. The van der Waals surface area contributed by atoms with Crippen LogP contribution in [0.3, 0.4) is 0 Å². The van der Waals surface area contributed by atoms with Gasteiger partial charge in [0, 0.05) is 12.1 Å². The van der Waals surface area contributed by atoms with Crippen LogP contribution in [0.25, 0.3) is 11.5 Å². The summed E-state index contributed by atoms with van der Waals surface area (Å²) in [6, 6.07) is 8.45. The van der Waals surface area contributed by atoms with Crippen LogP contribution >= 0.6 is 0 Å². The molecule has 7 nitrogen and oxygen atoms in total. The lowest BCUT2D eigenvalue weighted by atomic mass is 9.95. The van der Waals surface area contributed by atoms with Gasteiger partial charge in [0.2, 0.25) is 17.5 Å². The van der Waals surface area contributed by atoms with Crippen molar-refractivity contribution >= 4 is 11.6 Å². The van der Waals surface area contributed by atoms with Crippen molar-refractivity contribution in [2.45, 2.75) is 38.1 Å². The van der Waals surface area contributed by atoms with E-state index in [1.165, 1.54) is 12.5 Å². The van der Waals surface area contributed by atoms with Crippen LogP contribution in [0.2, 0.25) is 0 Å². The molecule has 1 fully saturated rings. The first-order chi connectivity index (χ1) is 11.2. The quantitative estimate of drug-likeness (QED) is 0.678. The second-order valence-electron chi connectivity index (χ2n) is 5.56. The summed E-state index contributed by atoms with van der Waals surface area (Å²) in [5, 5.41) is 23.6. The predicted octanol–water partition coefficient (Wildman–Crippen LogP) is 3.87.